The molecule has 0 spiro atoms. The summed E-state index contributed by atoms with van der Waals surface area (Å²) in [4.78, 5) is 0. The molecule has 4 heteroatoms. The molecule has 5 aliphatic rings. The minimum absolute atomic E-state index is 0.286. The van der Waals surface area contributed by atoms with Crippen LogP contribution in [0.2, 0.25) is 0 Å². The van der Waals surface area contributed by atoms with E-state index < -0.39 is 0 Å². The van der Waals surface area contributed by atoms with Crippen LogP contribution in [-0.4, -0.2) is 32.7 Å². The van der Waals surface area contributed by atoms with Crippen molar-refractivity contribution in [3.8, 4) is 0 Å². The number of nitrogens with two attached hydrogens (primary N) is 1. The number of nitrogens with one attached hydrogen (secondary N) is 3. The van der Waals surface area contributed by atoms with Gasteiger partial charge in [-0.05, 0) is 134 Å². The lowest BCUT2D eigenvalue weighted by molar-refractivity contribution is 0.460. The first-order valence-electron chi connectivity index (χ1n) is 16.8. The first-order chi connectivity index (χ1) is 20.6. The number of aryl methyl sites for hydroxylation is 2. The Labute approximate surface area is 254 Å². The summed E-state index contributed by atoms with van der Waals surface area (Å²) in [6, 6.07) is 23.0. The summed E-state index contributed by atoms with van der Waals surface area (Å²) in [5, 5.41) is 10.3. The Bertz CT molecular complexity index is 1240. The number of fused-ring (bicyclic) bond motifs is 3. The van der Waals surface area contributed by atoms with Crippen LogP contribution in [-0.2, 0) is 12.8 Å². The molecule has 3 aromatic carbocycles. The molecule has 3 aliphatic heterocycles. The third-order valence-corrected chi connectivity index (χ3v) is 10.5. The van der Waals surface area contributed by atoms with E-state index >= 15 is 0 Å². The Kier molecular flexibility index (Phi) is 9.63. The van der Waals surface area contributed by atoms with Crippen molar-refractivity contribution < 1.29 is 0 Å². The number of benzene rings is 3. The smallest absolute Gasteiger partial charge is 0.0376 e. The summed E-state index contributed by atoms with van der Waals surface area (Å²) >= 11 is 0. The first-order valence-corrected chi connectivity index (χ1v) is 16.8. The van der Waals surface area contributed by atoms with Gasteiger partial charge in [0.25, 0.3) is 0 Å². The summed E-state index contributed by atoms with van der Waals surface area (Å²) in [6.45, 7) is 10.4. The third kappa shape index (κ3) is 6.77. The first kappa shape index (κ1) is 29.4. The van der Waals surface area contributed by atoms with Gasteiger partial charge in [0, 0.05) is 30.7 Å². The molecule has 5 N–H and O–H groups in total. The molecule has 4 atom stereocenters. The van der Waals surface area contributed by atoms with E-state index in [4.69, 9.17) is 5.73 Å². The lowest BCUT2D eigenvalue weighted by atomic mass is 9.88. The van der Waals surface area contributed by atoms with E-state index in [0.29, 0.717) is 5.92 Å². The molecule has 42 heavy (non-hydrogen) atoms. The predicted octanol–water partition coefficient (Wildman–Crippen LogP) is 7.52. The number of rotatable bonds is 2. The zero-order valence-corrected chi connectivity index (χ0v) is 25.9. The van der Waals surface area contributed by atoms with Gasteiger partial charge in [-0.3, -0.25) is 0 Å². The summed E-state index contributed by atoms with van der Waals surface area (Å²) < 4.78 is 0. The maximum atomic E-state index is 6.06. The minimum atomic E-state index is 0.286. The van der Waals surface area contributed by atoms with Crippen LogP contribution in [0.1, 0.15) is 121 Å². The van der Waals surface area contributed by atoms with Crippen LogP contribution in [0.3, 0.4) is 0 Å². The van der Waals surface area contributed by atoms with Gasteiger partial charge >= 0.3 is 0 Å². The van der Waals surface area contributed by atoms with Crippen molar-refractivity contribution in [3.05, 3.63) is 99.6 Å². The van der Waals surface area contributed by atoms with Crippen LogP contribution in [0, 0.1) is 0 Å². The van der Waals surface area contributed by atoms with Crippen LogP contribution in [0.5, 0.6) is 0 Å². The molecule has 0 amide bonds. The molecule has 2 aliphatic carbocycles. The number of para-hydroxylation sites is 1. The van der Waals surface area contributed by atoms with E-state index in [9.17, 15) is 0 Å². The van der Waals surface area contributed by atoms with Crippen LogP contribution >= 0.6 is 0 Å². The minimum Gasteiger partial charge on any atom is -0.384 e. The van der Waals surface area contributed by atoms with E-state index in [1.807, 2.05) is 0 Å². The quantitative estimate of drug-likeness (QED) is 0.260. The monoisotopic (exact) mass is 564 g/mol. The molecule has 3 heterocycles. The molecule has 224 valence electrons. The number of anilines is 1. The number of hydrogen-bond donors (Lipinski definition) is 4. The van der Waals surface area contributed by atoms with Gasteiger partial charge in [0.1, 0.15) is 0 Å². The highest BCUT2D eigenvalue weighted by atomic mass is 14.9. The van der Waals surface area contributed by atoms with E-state index in [1.165, 1.54) is 92.5 Å². The number of hydrogen-bond acceptors (Lipinski definition) is 4. The molecule has 4 nitrogen and oxygen atoms in total. The van der Waals surface area contributed by atoms with Crippen molar-refractivity contribution in [1.29, 1.82) is 0 Å². The largest absolute Gasteiger partial charge is 0.384 e. The normalized spacial score (nSPS) is 26.1. The molecular weight excluding hydrogens is 512 g/mol. The predicted molar refractivity (Wildman–Crippen MR) is 178 cm³/mol. The zero-order valence-electron chi connectivity index (χ0n) is 25.9. The molecule has 0 radical (unpaired) electrons. The number of piperidine rings is 2. The van der Waals surface area contributed by atoms with Crippen LogP contribution in [0.15, 0.2) is 60.7 Å². The lowest BCUT2D eigenvalue weighted by Gasteiger charge is -2.23. The highest BCUT2D eigenvalue weighted by molar-refractivity contribution is 5.57. The van der Waals surface area contributed by atoms with Gasteiger partial charge < -0.3 is 21.7 Å². The van der Waals surface area contributed by atoms with Gasteiger partial charge in [0.15, 0.2) is 0 Å². The van der Waals surface area contributed by atoms with E-state index in [2.05, 4.69) is 90.5 Å². The fourth-order valence-corrected chi connectivity index (χ4v) is 7.78. The standard InChI is InChI=1S/C15H21N.C14H20N2.C9H11N/c1-11-2-3-14-10-13(4-5-15(11)14)12-6-8-16-9-7-12;15-14-6-4-11-8-10(3-5-13(11)14)12-2-1-7-16-9-12;1-7-6-10-9-5-3-2-4-8(7)9/h4-5,10-12,16H,2-3,6-9H2,1H3;3,5,8,12,14,16H,1-2,4,6-7,9,15H2;2-5,7,10H,6H2,1H3. The summed E-state index contributed by atoms with van der Waals surface area (Å²) in [7, 11) is 0. The van der Waals surface area contributed by atoms with Crippen LogP contribution < -0.4 is 21.7 Å². The van der Waals surface area contributed by atoms with Gasteiger partial charge in [0.05, 0.1) is 0 Å². The van der Waals surface area contributed by atoms with E-state index in [0.717, 1.165) is 37.3 Å². The molecule has 8 rings (SSSR count). The molecule has 4 unspecified atom stereocenters. The Morgan fingerprint density at radius 2 is 1.33 bits per heavy atom. The molecular formula is C38H52N4. The van der Waals surface area contributed by atoms with Crippen molar-refractivity contribution in [3.63, 3.8) is 0 Å². The second kappa shape index (κ2) is 13.8. The molecule has 2 fully saturated rings. The zero-order chi connectivity index (χ0) is 28.9. The average Bonchev–Trinajstić information content (AvgIpc) is 3.74. The average molecular weight is 565 g/mol. The Balaban J connectivity index is 0.000000116. The van der Waals surface area contributed by atoms with Gasteiger partial charge in [0.2, 0.25) is 0 Å². The lowest BCUT2D eigenvalue weighted by Crippen LogP contribution is -2.28. The molecule has 0 saturated carbocycles. The molecule has 2 saturated heterocycles. The topological polar surface area (TPSA) is 62.1 Å². The third-order valence-electron chi connectivity index (χ3n) is 10.5. The SMILES string of the molecule is CC1CCc2cc(C3CCNCC3)ccc21.CC1CNc2ccccc21.NC1CCc2cc(C3CCCNC3)ccc21. The summed E-state index contributed by atoms with van der Waals surface area (Å²) in [6.07, 6.45) is 10.2. The second-order valence-corrected chi connectivity index (χ2v) is 13.4. The van der Waals surface area contributed by atoms with E-state index in [1.54, 1.807) is 16.7 Å². The van der Waals surface area contributed by atoms with Crippen molar-refractivity contribution in [2.75, 3.05) is 38.0 Å². The van der Waals surface area contributed by atoms with Gasteiger partial charge in [-0.1, -0.05) is 68.4 Å². The van der Waals surface area contributed by atoms with Crippen LogP contribution in [0.25, 0.3) is 0 Å². The van der Waals surface area contributed by atoms with Gasteiger partial charge in [-0.25, -0.2) is 0 Å². The Hall–Kier alpha value is -2.66. The van der Waals surface area contributed by atoms with Crippen molar-refractivity contribution in [1.82, 2.24) is 10.6 Å². The Morgan fingerprint density at radius 1 is 0.619 bits per heavy atom. The Morgan fingerprint density at radius 3 is 2.10 bits per heavy atom. The van der Waals surface area contributed by atoms with Crippen molar-refractivity contribution >= 4 is 5.69 Å². The summed E-state index contributed by atoms with van der Waals surface area (Å²) in [5.74, 6) is 3.01. The maximum Gasteiger partial charge on any atom is 0.0376 e. The van der Waals surface area contributed by atoms with Gasteiger partial charge in [-0.15, -0.1) is 0 Å². The second-order valence-electron chi connectivity index (χ2n) is 13.4. The van der Waals surface area contributed by atoms with Crippen molar-refractivity contribution in [2.45, 2.75) is 94.9 Å². The van der Waals surface area contributed by atoms with Crippen molar-refractivity contribution in [2.24, 2.45) is 5.73 Å². The molecule has 3 aromatic rings. The maximum absolute atomic E-state index is 6.06. The molecule has 0 bridgehead atoms. The van der Waals surface area contributed by atoms with Crippen LogP contribution in [0.4, 0.5) is 5.69 Å². The summed E-state index contributed by atoms with van der Waals surface area (Å²) in [5.41, 5.74) is 18.1. The fraction of sp³-hybridized carbons (Fsp3) is 0.526. The highest BCUT2D eigenvalue weighted by Crippen LogP contribution is 2.36. The highest BCUT2D eigenvalue weighted by Gasteiger charge is 2.23. The van der Waals surface area contributed by atoms with E-state index in [-0.39, 0.29) is 6.04 Å². The van der Waals surface area contributed by atoms with Gasteiger partial charge in [-0.2, -0.15) is 0 Å². The molecule has 0 aromatic heterocycles. The fourth-order valence-electron chi connectivity index (χ4n) is 7.78.